The molecule has 0 atom stereocenters. The number of anilines is 1. The van der Waals surface area contributed by atoms with E-state index in [2.05, 4.69) is 10.4 Å². The Morgan fingerprint density at radius 3 is 2.21 bits per heavy atom. The second-order valence-corrected chi connectivity index (χ2v) is 6.68. The van der Waals surface area contributed by atoms with Crippen LogP contribution in [0.3, 0.4) is 0 Å². The highest BCUT2D eigenvalue weighted by atomic mass is 19.4. The van der Waals surface area contributed by atoms with Crippen LogP contribution in [-0.4, -0.2) is 22.3 Å². The van der Waals surface area contributed by atoms with Gasteiger partial charge in [-0.3, -0.25) is 4.79 Å². The zero-order valence-corrected chi connectivity index (χ0v) is 15.0. The zero-order valence-electron chi connectivity index (χ0n) is 15.0. The molecule has 3 rings (SSSR count). The van der Waals surface area contributed by atoms with E-state index < -0.39 is 41.7 Å². The molecule has 0 unspecified atom stereocenters. The number of carbonyl (C=O) groups excluding carboxylic acids is 1. The third-order valence-corrected chi connectivity index (χ3v) is 4.54. The van der Waals surface area contributed by atoms with Gasteiger partial charge in [0.05, 0.1) is 23.4 Å². The predicted octanol–water partition coefficient (Wildman–Crippen LogP) is 5.05. The van der Waals surface area contributed by atoms with Gasteiger partial charge in [-0.2, -0.15) is 31.4 Å². The molecule has 158 valence electrons. The number of alkyl halides is 6. The highest BCUT2D eigenvalue weighted by Gasteiger charge is 2.37. The van der Waals surface area contributed by atoms with Crippen LogP contribution in [-0.2, 0) is 17.1 Å². The molecule has 1 fully saturated rings. The summed E-state index contributed by atoms with van der Waals surface area (Å²) in [6, 6.07) is 2.53. The summed E-state index contributed by atoms with van der Waals surface area (Å²) < 4.78 is 83.8. The predicted molar refractivity (Wildman–Crippen MR) is 90.3 cm³/mol. The second kappa shape index (κ2) is 7.96. The maximum atomic E-state index is 12.9. The summed E-state index contributed by atoms with van der Waals surface area (Å²) in [5, 5.41) is 6.68. The normalized spacial score (nSPS) is 15.5. The van der Waals surface area contributed by atoms with Gasteiger partial charge in [0.2, 0.25) is 0 Å². The molecular formula is C18H17F6N3O2. The van der Waals surface area contributed by atoms with Crippen LogP contribution in [0.4, 0.5) is 32.2 Å². The lowest BCUT2D eigenvalue weighted by Crippen LogP contribution is -2.23. The van der Waals surface area contributed by atoms with Crippen LogP contribution in [0, 0.1) is 0 Å². The molecule has 1 amide bonds. The fraction of sp³-hybridized carbons (Fsp3) is 0.444. The lowest BCUT2D eigenvalue weighted by atomic mass is 10.1. The number of hydrogen-bond donors (Lipinski definition) is 1. The minimum atomic E-state index is -4.99. The van der Waals surface area contributed by atoms with Crippen molar-refractivity contribution < 1.29 is 35.9 Å². The Labute approximate surface area is 161 Å². The lowest BCUT2D eigenvalue weighted by molar-refractivity contribution is -0.143. The van der Waals surface area contributed by atoms with Gasteiger partial charge < -0.3 is 10.1 Å². The van der Waals surface area contributed by atoms with Crippen molar-refractivity contribution >= 4 is 11.7 Å². The lowest BCUT2D eigenvalue weighted by Gasteiger charge is -2.16. The summed E-state index contributed by atoms with van der Waals surface area (Å²) in [6.45, 7) is -0.756. The van der Waals surface area contributed by atoms with Gasteiger partial charge in [0.25, 0.3) is 5.91 Å². The van der Waals surface area contributed by atoms with Crippen molar-refractivity contribution in [2.45, 2.75) is 44.1 Å². The zero-order chi connectivity index (χ0) is 21.2. The van der Waals surface area contributed by atoms with E-state index in [9.17, 15) is 31.1 Å². The number of aromatic nitrogens is 2. The molecule has 1 heterocycles. The number of amides is 1. The van der Waals surface area contributed by atoms with Crippen molar-refractivity contribution in [3.05, 3.63) is 41.6 Å². The molecule has 0 aliphatic heterocycles. The molecule has 0 radical (unpaired) electrons. The first-order valence-electron chi connectivity index (χ1n) is 8.79. The fourth-order valence-corrected chi connectivity index (χ4v) is 3.19. The van der Waals surface area contributed by atoms with Crippen molar-refractivity contribution in [3.63, 3.8) is 0 Å². The van der Waals surface area contributed by atoms with Gasteiger partial charge in [-0.1, -0.05) is 12.8 Å². The van der Waals surface area contributed by atoms with E-state index in [0.717, 1.165) is 25.7 Å². The third kappa shape index (κ3) is 5.21. The quantitative estimate of drug-likeness (QED) is 0.688. The smallest absolute Gasteiger partial charge is 0.416 e. The van der Waals surface area contributed by atoms with Crippen LogP contribution in [0.1, 0.15) is 42.9 Å². The molecule has 5 nitrogen and oxygen atoms in total. The van der Waals surface area contributed by atoms with Crippen molar-refractivity contribution in [1.29, 1.82) is 0 Å². The number of rotatable bonds is 5. The Hall–Kier alpha value is -2.72. The standard InChI is InChI=1S/C18H17F6N3O2/c19-17(20,21)11-7-12(18(22,23)24)9-14(8-11)29-10-16(28)26-15-5-6-25-27(15)13-3-1-2-4-13/h5-9,13H,1-4,10H2,(H,26,28). The largest absolute Gasteiger partial charge is 0.484 e. The maximum Gasteiger partial charge on any atom is 0.416 e. The SMILES string of the molecule is O=C(COc1cc(C(F)(F)F)cc(C(F)(F)F)c1)Nc1ccnn1C1CCCC1. The molecule has 1 aliphatic carbocycles. The molecule has 1 saturated carbocycles. The Balaban J connectivity index is 1.69. The van der Waals surface area contributed by atoms with E-state index in [-0.39, 0.29) is 12.1 Å². The number of hydrogen-bond acceptors (Lipinski definition) is 3. The summed E-state index contributed by atoms with van der Waals surface area (Å²) in [5.41, 5.74) is -3.02. The molecule has 29 heavy (non-hydrogen) atoms. The average Bonchev–Trinajstić information content (AvgIpc) is 3.29. The highest BCUT2D eigenvalue weighted by Crippen LogP contribution is 2.38. The van der Waals surface area contributed by atoms with E-state index in [1.807, 2.05) is 0 Å². The van der Waals surface area contributed by atoms with E-state index in [1.165, 1.54) is 6.20 Å². The van der Waals surface area contributed by atoms with Crippen LogP contribution >= 0.6 is 0 Å². The van der Waals surface area contributed by atoms with Crippen LogP contribution in [0.5, 0.6) is 5.75 Å². The first-order chi connectivity index (χ1) is 13.5. The van der Waals surface area contributed by atoms with E-state index in [1.54, 1.807) is 10.7 Å². The van der Waals surface area contributed by atoms with E-state index >= 15 is 0 Å². The monoisotopic (exact) mass is 421 g/mol. The molecule has 1 aromatic carbocycles. The number of nitrogens with one attached hydrogen (secondary N) is 1. The van der Waals surface area contributed by atoms with Crippen molar-refractivity contribution in [1.82, 2.24) is 9.78 Å². The summed E-state index contributed by atoms with van der Waals surface area (Å²) in [4.78, 5) is 12.1. The Morgan fingerprint density at radius 1 is 1.07 bits per heavy atom. The summed E-state index contributed by atoms with van der Waals surface area (Å²) in [6.07, 6.45) is -4.59. The summed E-state index contributed by atoms with van der Waals surface area (Å²) >= 11 is 0. The van der Waals surface area contributed by atoms with Crippen LogP contribution < -0.4 is 10.1 Å². The highest BCUT2D eigenvalue weighted by molar-refractivity contribution is 5.91. The van der Waals surface area contributed by atoms with Crippen LogP contribution in [0.15, 0.2) is 30.5 Å². The van der Waals surface area contributed by atoms with Crippen LogP contribution in [0.25, 0.3) is 0 Å². The topological polar surface area (TPSA) is 56.1 Å². The molecular weight excluding hydrogens is 404 g/mol. The van der Waals surface area contributed by atoms with Gasteiger partial charge in [0.1, 0.15) is 11.6 Å². The number of carbonyl (C=O) groups is 1. The van der Waals surface area contributed by atoms with Crippen molar-refractivity contribution in [2.75, 3.05) is 11.9 Å². The van der Waals surface area contributed by atoms with Gasteiger partial charge in [0, 0.05) is 6.07 Å². The first-order valence-corrected chi connectivity index (χ1v) is 8.79. The van der Waals surface area contributed by atoms with Gasteiger partial charge >= 0.3 is 12.4 Å². The van der Waals surface area contributed by atoms with Crippen molar-refractivity contribution in [2.24, 2.45) is 0 Å². The molecule has 1 aliphatic rings. The Bertz CT molecular complexity index is 837. The van der Waals surface area contributed by atoms with Gasteiger partial charge in [-0.05, 0) is 31.0 Å². The summed E-state index contributed by atoms with van der Waals surface area (Å²) in [7, 11) is 0. The Morgan fingerprint density at radius 2 is 1.66 bits per heavy atom. The molecule has 0 bridgehead atoms. The van der Waals surface area contributed by atoms with Gasteiger partial charge in [-0.15, -0.1) is 0 Å². The number of nitrogens with zero attached hydrogens (tertiary/aromatic N) is 2. The molecule has 1 N–H and O–H groups in total. The fourth-order valence-electron chi connectivity index (χ4n) is 3.19. The minimum absolute atomic E-state index is 0.00686. The Kier molecular flexibility index (Phi) is 5.76. The molecule has 0 spiro atoms. The molecule has 1 aromatic heterocycles. The molecule has 0 saturated heterocycles. The third-order valence-electron chi connectivity index (χ3n) is 4.54. The van der Waals surface area contributed by atoms with Gasteiger partial charge in [0.15, 0.2) is 6.61 Å². The average molecular weight is 421 g/mol. The number of ether oxygens (including phenoxy) is 1. The van der Waals surface area contributed by atoms with Crippen LogP contribution in [0.2, 0.25) is 0 Å². The van der Waals surface area contributed by atoms with Crippen molar-refractivity contribution in [3.8, 4) is 5.75 Å². The van der Waals surface area contributed by atoms with E-state index in [4.69, 9.17) is 4.74 Å². The van der Waals surface area contributed by atoms with E-state index in [0.29, 0.717) is 18.0 Å². The molecule has 2 aromatic rings. The first kappa shape index (κ1) is 21.0. The maximum absolute atomic E-state index is 12.9. The molecule has 11 heteroatoms. The van der Waals surface area contributed by atoms with Gasteiger partial charge in [-0.25, -0.2) is 4.68 Å². The second-order valence-electron chi connectivity index (χ2n) is 6.68. The number of halogens is 6. The summed E-state index contributed by atoms with van der Waals surface area (Å²) in [5.74, 6) is -1.03. The minimum Gasteiger partial charge on any atom is -0.484 e. The number of benzene rings is 1.